The highest BCUT2D eigenvalue weighted by Crippen LogP contribution is 2.25. The molecule has 0 aromatic heterocycles. The number of allylic oxidation sites excluding steroid dienone is 4. The molecule has 1 N–H and O–H groups in total. The Balaban J connectivity index is 3.09. The van der Waals surface area contributed by atoms with Crippen LogP contribution in [0.25, 0.3) is 0 Å². The van der Waals surface area contributed by atoms with Crippen molar-refractivity contribution in [3.63, 3.8) is 0 Å². The van der Waals surface area contributed by atoms with Gasteiger partial charge in [-0.05, 0) is 26.3 Å². The van der Waals surface area contributed by atoms with Crippen molar-refractivity contribution in [2.75, 3.05) is 0 Å². The van der Waals surface area contributed by atoms with Crippen LogP contribution >= 0.6 is 0 Å². The third-order valence-corrected chi connectivity index (χ3v) is 2.13. The Labute approximate surface area is 78.3 Å². The molecule has 0 aromatic rings. The van der Waals surface area contributed by atoms with Crippen LogP contribution in [-0.2, 0) is 4.79 Å². The van der Waals surface area contributed by atoms with Crippen LogP contribution in [0, 0.1) is 5.92 Å². The highest BCUT2D eigenvalue weighted by molar-refractivity contribution is 5.78. The fraction of sp³-hybridized carbons (Fsp3) is 0.364. The molecule has 1 rings (SSSR count). The van der Waals surface area contributed by atoms with Gasteiger partial charge in [0, 0.05) is 0 Å². The molecule has 0 saturated heterocycles. The van der Waals surface area contributed by atoms with Crippen molar-refractivity contribution in [1.29, 1.82) is 0 Å². The second-order valence-electron chi connectivity index (χ2n) is 3.52. The second kappa shape index (κ2) is 3.60. The van der Waals surface area contributed by atoms with Gasteiger partial charge in [0.2, 0.25) is 0 Å². The van der Waals surface area contributed by atoms with Crippen LogP contribution in [0.5, 0.6) is 0 Å². The van der Waals surface area contributed by atoms with E-state index >= 15 is 0 Å². The number of carboxylic acid groups (broad SMARTS) is 1. The number of hydrogen-bond acceptors (Lipinski definition) is 1. The Hall–Kier alpha value is -1.31. The summed E-state index contributed by atoms with van der Waals surface area (Å²) >= 11 is 0. The lowest BCUT2D eigenvalue weighted by molar-refractivity contribution is -0.138. The first-order chi connectivity index (χ1) is 6.02. The van der Waals surface area contributed by atoms with Crippen molar-refractivity contribution < 1.29 is 9.90 Å². The minimum Gasteiger partial charge on any atom is -0.481 e. The highest BCUT2D eigenvalue weighted by atomic mass is 16.4. The average Bonchev–Trinajstić information content (AvgIpc) is 2.03. The average molecular weight is 178 g/mol. The van der Waals surface area contributed by atoms with Crippen LogP contribution < -0.4 is 0 Å². The van der Waals surface area contributed by atoms with E-state index in [0.29, 0.717) is 0 Å². The van der Waals surface area contributed by atoms with Crippen LogP contribution in [0.1, 0.15) is 20.8 Å². The molecule has 0 fully saturated rings. The smallest absolute Gasteiger partial charge is 0.314 e. The Kier molecular flexibility index (Phi) is 2.71. The topological polar surface area (TPSA) is 37.3 Å². The van der Waals surface area contributed by atoms with E-state index in [1.54, 1.807) is 6.08 Å². The van der Waals surface area contributed by atoms with Gasteiger partial charge in [-0.25, -0.2) is 0 Å². The van der Waals surface area contributed by atoms with Gasteiger partial charge in [-0.3, -0.25) is 4.79 Å². The zero-order valence-electron chi connectivity index (χ0n) is 8.16. The number of aliphatic carboxylic acids is 1. The van der Waals surface area contributed by atoms with E-state index in [-0.39, 0.29) is 0 Å². The van der Waals surface area contributed by atoms with E-state index in [0.717, 1.165) is 16.7 Å². The molecule has 2 nitrogen and oxygen atoms in total. The normalized spacial score (nSPS) is 21.3. The predicted molar refractivity (Wildman–Crippen MR) is 52.4 cm³/mol. The van der Waals surface area contributed by atoms with Gasteiger partial charge in [0.25, 0.3) is 0 Å². The second-order valence-corrected chi connectivity index (χ2v) is 3.52. The van der Waals surface area contributed by atoms with Crippen LogP contribution in [0.3, 0.4) is 0 Å². The molecule has 13 heavy (non-hydrogen) atoms. The van der Waals surface area contributed by atoms with Crippen LogP contribution in [0.15, 0.2) is 34.9 Å². The van der Waals surface area contributed by atoms with Crippen molar-refractivity contribution in [3.8, 4) is 0 Å². The monoisotopic (exact) mass is 178 g/mol. The van der Waals surface area contributed by atoms with E-state index < -0.39 is 11.9 Å². The molecule has 70 valence electrons. The maximum Gasteiger partial charge on any atom is 0.314 e. The standard InChI is InChI=1S/C11H14O2/c1-7(2)9-5-4-8(3)6-10(9)11(12)13/h4-6,10H,1-3H3,(H,12,13). The molecule has 0 saturated carbocycles. The third-order valence-electron chi connectivity index (χ3n) is 2.13. The Bertz CT molecular complexity index is 315. The molecule has 2 heteroatoms. The maximum atomic E-state index is 10.9. The molecule has 1 unspecified atom stereocenters. The van der Waals surface area contributed by atoms with Gasteiger partial charge in [-0.2, -0.15) is 0 Å². The van der Waals surface area contributed by atoms with E-state index in [9.17, 15) is 4.79 Å². The van der Waals surface area contributed by atoms with Gasteiger partial charge in [0.05, 0.1) is 0 Å². The molecule has 0 aliphatic heterocycles. The minimum atomic E-state index is -0.778. The summed E-state index contributed by atoms with van der Waals surface area (Å²) in [7, 11) is 0. The maximum absolute atomic E-state index is 10.9. The Morgan fingerprint density at radius 3 is 2.46 bits per heavy atom. The SMILES string of the molecule is CC1=CC(C(=O)O)C(=C(C)C)C=C1. The van der Waals surface area contributed by atoms with E-state index in [2.05, 4.69) is 0 Å². The first-order valence-corrected chi connectivity index (χ1v) is 4.29. The zero-order valence-corrected chi connectivity index (χ0v) is 8.16. The van der Waals surface area contributed by atoms with Gasteiger partial charge in [-0.15, -0.1) is 0 Å². The largest absolute Gasteiger partial charge is 0.481 e. The molecule has 1 atom stereocenters. The summed E-state index contributed by atoms with van der Waals surface area (Å²) in [5, 5.41) is 8.96. The van der Waals surface area contributed by atoms with Gasteiger partial charge in [0.1, 0.15) is 5.92 Å². The molecule has 1 aliphatic rings. The minimum absolute atomic E-state index is 0.463. The van der Waals surface area contributed by atoms with E-state index in [1.165, 1.54) is 0 Å². The molecule has 0 amide bonds. The number of carboxylic acids is 1. The highest BCUT2D eigenvalue weighted by Gasteiger charge is 2.21. The summed E-state index contributed by atoms with van der Waals surface area (Å²) < 4.78 is 0. The third kappa shape index (κ3) is 2.08. The zero-order chi connectivity index (χ0) is 10.0. The quantitative estimate of drug-likeness (QED) is 0.670. The van der Waals surface area contributed by atoms with Crippen LogP contribution in [-0.4, -0.2) is 11.1 Å². The van der Waals surface area contributed by atoms with Crippen LogP contribution in [0.2, 0.25) is 0 Å². The first kappa shape index (κ1) is 9.78. The van der Waals surface area contributed by atoms with Crippen LogP contribution in [0.4, 0.5) is 0 Å². The van der Waals surface area contributed by atoms with Gasteiger partial charge in [0.15, 0.2) is 0 Å². The first-order valence-electron chi connectivity index (χ1n) is 4.29. The van der Waals surface area contributed by atoms with Gasteiger partial charge < -0.3 is 5.11 Å². The number of rotatable bonds is 1. The van der Waals surface area contributed by atoms with Crippen molar-refractivity contribution in [2.45, 2.75) is 20.8 Å². The van der Waals surface area contributed by atoms with Crippen molar-refractivity contribution in [3.05, 3.63) is 34.9 Å². The molecular formula is C11H14O2. The molecule has 0 bridgehead atoms. The fourth-order valence-electron chi connectivity index (χ4n) is 1.42. The number of hydrogen-bond donors (Lipinski definition) is 1. The summed E-state index contributed by atoms with van der Waals surface area (Å²) in [6.07, 6.45) is 5.62. The Morgan fingerprint density at radius 1 is 1.38 bits per heavy atom. The van der Waals surface area contributed by atoms with Crippen molar-refractivity contribution in [1.82, 2.24) is 0 Å². The van der Waals surface area contributed by atoms with E-state index in [4.69, 9.17) is 5.11 Å². The van der Waals surface area contributed by atoms with E-state index in [1.807, 2.05) is 32.9 Å². The summed E-state index contributed by atoms with van der Waals surface area (Å²) in [4.78, 5) is 10.9. The lowest BCUT2D eigenvalue weighted by Gasteiger charge is -2.16. The number of carbonyl (C=O) groups is 1. The summed E-state index contributed by atoms with van der Waals surface area (Å²) in [5.74, 6) is -1.24. The lowest BCUT2D eigenvalue weighted by Crippen LogP contribution is -2.16. The summed E-state index contributed by atoms with van der Waals surface area (Å²) in [6.45, 7) is 5.78. The Morgan fingerprint density at radius 2 is 2.00 bits per heavy atom. The molecule has 0 radical (unpaired) electrons. The van der Waals surface area contributed by atoms with Crippen molar-refractivity contribution >= 4 is 5.97 Å². The van der Waals surface area contributed by atoms with Crippen molar-refractivity contribution in [2.24, 2.45) is 5.92 Å². The summed E-state index contributed by atoms with van der Waals surface area (Å²) in [6, 6.07) is 0. The lowest BCUT2D eigenvalue weighted by atomic mass is 9.89. The van der Waals surface area contributed by atoms with Gasteiger partial charge in [-0.1, -0.05) is 29.4 Å². The molecule has 0 heterocycles. The molecule has 0 spiro atoms. The molecule has 1 aliphatic carbocycles. The van der Waals surface area contributed by atoms with Gasteiger partial charge >= 0.3 is 5.97 Å². The fourth-order valence-corrected chi connectivity index (χ4v) is 1.42. The molecular weight excluding hydrogens is 164 g/mol. The summed E-state index contributed by atoms with van der Waals surface area (Å²) in [5.41, 5.74) is 2.97. The predicted octanol–water partition coefficient (Wildman–Crippen LogP) is 2.54. The molecule has 0 aromatic carbocycles.